The normalized spacial score (nSPS) is 22.2. The number of H-pyrrole nitrogens is 1. The van der Waals surface area contributed by atoms with Crippen LogP contribution in [0.1, 0.15) is 13.3 Å². The number of aromatic amines is 1. The second kappa shape index (κ2) is 9.77. The Bertz CT molecular complexity index is 1070. The van der Waals surface area contributed by atoms with Gasteiger partial charge in [-0.3, -0.25) is 23.8 Å². The van der Waals surface area contributed by atoms with Crippen molar-refractivity contribution in [3.63, 3.8) is 0 Å². The summed E-state index contributed by atoms with van der Waals surface area (Å²) in [5, 5.41) is 20.7. The zero-order valence-electron chi connectivity index (χ0n) is 16.7. The summed E-state index contributed by atoms with van der Waals surface area (Å²) in [6.07, 6.45) is 2.02. The maximum absolute atomic E-state index is 12.8. The van der Waals surface area contributed by atoms with Gasteiger partial charge in [0.2, 0.25) is 5.91 Å². The largest absolute Gasteiger partial charge is 0.477 e. The quantitative estimate of drug-likeness (QED) is 0.333. The number of nitrogens with one attached hydrogen (secondary N) is 2. The highest BCUT2D eigenvalue weighted by molar-refractivity contribution is 8.01. The molecule has 1 saturated heterocycles. The number of thiophene rings is 1. The molecule has 3 N–H and O–H groups in total. The van der Waals surface area contributed by atoms with Crippen LogP contribution in [0.2, 0.25) is 0 Å². The predicted molar refractivity (Wildman–Crippen MR) is 122 cm³/mol. The van der Waals surface area contributed by atoms with Crippen LogP contribution in [0.5, 0.6) is 0 Å². The molecule has 2 aliphatic heterocycles. The number of fused-ring (bicyclic) bond motifs is 1. The molecule has 10 nitrogen and oxygen atoms in total. The highest BCUT2D eigenvalue weighted by Crippen LogP contribution is 2.44. The smallest absolute Gasteiger partial charge is 0.352 e. The fourth-order valence-electron chi connectivity index (χ4n) is 3.47. The number of carbonyl (C=O) groups excluding carboxylic acids is 2. The molecule has 2 aliphatic rings. The fourth-order valence-corrected chi connectivity index (χ4v) is 7.91. The minimum atomic E-state index is -1.49. The van der Waals surface area contributed by atoms with Crippen LogP contribution in [-0.4, -0.2) is 75.4 Å². The van der Waals surface area contributed by atoms with Gasteiger partial charge in [0, 0.05) is 11.0 Å². The molecule has 3 unspecified atom stereocenters. The van der Waals surface area contributed by atoms with Gasteiger partial charge in [0.1, 0.15) is 29.2 Å². The van der Waals surface area contributed by atoms with Crippen LogP contribution >= 0.6 is 34.9 Å². The van der Waals surface area contributed by atoms with Gasteiger partial charge >= 0.3 is 5.97 Å². The molecule has 2 amide bonds. The van der Waals surface area contributed by atoms with Gasteiger partial charge < -0.3 is 10.4 Å². The van der Waals surface area contributed by atoms with Crippen LogP contribution in [0.25, 0.3) is 0 Å². The van der Waals surface area contributed by atoms with E-state index in [1.807, 2.05) is 6.92 Å². The molecular formula is C18H19N5O5S4. The number of aliphatic carboxylic acids is 1. The lowest BCUT2D eigenvalue weighted by molar-refractivity contribution is -0.150. The Balaban J connectivity index is 1.47. The van der Waals surface area contributed by atoms with Crippen LogP contribution in [0.3, 0.4) is 0 Å². The highest BCUT2D eigenvalue weighted by Gasteiger charge is 2.54. The summed E-state index contributed by atoms with van der Waals surface area (Å²) in [5.74, 6) is -2.01. The lowest BCUT2D eigenvalue weighted by Crippen LogP contribution is -2.71. The molecule has 2 aromatic rings. The molecule has 4 heterocycles. The van der Waals surface area contributed by atoms with E-state index < -0.39 is 40.0 Å². The molecule has 2 aromatic heterocycles. The van der Waals surface area contributed by atoms with Crippen molar-refractivity contribution in [2.75, 3.05) is 11.5 Å². The van der Waals surface area contributed by atoms with Gasteiger partial charge in [-0.15, -0.1) is 23.1 Å². The van der Waals surface area contributed by atoms with Crippen molar-refractivity contribution in [1.29, 1.82) is 0 Å². The minimum Gasteiger partial charge on any atom is -0.477 e. The summed E-state index contributed by atoms with van der Waals surface area (Å²) in [7, 11) is -1.49. The van der Waals surface area contributed by atoms with Crippen molar-refractivity contribution < 1.29 is 23.7 Å². The molecule has 32 heavy (non-hydrogen) atoms. The molecule has 0 aromatic carbocycles. The molecule has 14 heteroatoms. The molecule has 1 fully saturated rings. The number of thioether (sulfide) groups is 2. The summed E-state index contributed by atoms with van der Waals surface area (Å²) < 4.78 is 12.8. The second-order valence-electron chi connectivity index (χ2n) is 6.86. The second-order valence-corrected chi connectivity index (χ2v) is 11.8. The highest BCUT2D eigenvalue weighted by atomic mass is 32.2. The van der Waals surface area contributed by atoms with E-state index in [0.29, 0.717) is 27.1 Å². The van der Waals surface area contributed by atoms with Crippen LogP contribution in [0.4, 0.5) is 0 Å². The predicted octanol–water partition coefficient (Wildman–Crippen LogP) is 1.28. The Hall–Kier alpha value is -2.16. The number of carboxylic acids is 1. The zero-order valence-corrected chi connectivity index (χ0v) is 20.0. The third-order valence-corrected chi connectivity index (χ3v) is 10.1. The van der Waals surface area contributed by atoms with Gasteiger partial charge in [-0.1, -0.05) is 24.8 Å². The molecular weight excluding hydrogens is 494 g/mol. The molecule has 0 radical (unpaired) electrons. The van der Waals surface area contributed by atoms with Crippen molar-refractivity contribution in [2.45, 2.75) is 39.4 Å². The van der Waals surface area contributed by atoms with Crippen molar-refractivity contribution in [3.05, 3.63) is 35.1 Å². The van der Waals surface area contributed by atoms with E-state index >= 15 is 0 Å². The number of amides is 2. The number of carboxylic acid groups (broad SMARTS) is 1. The van der Waals surface area contributed by atoms with E-state index in [0.717, 1.165) is 0 Å². The number of hydrogen-bond acceptors (Lipinski definition) is 9. The fraction of sp³-hybridized carbons (Fsp3) is 0.389. The van der Waals surface area contributed by atoms with Gasteiger partial charge in [0.05, 0.1) is 15.0 Å². The van der Waals surface area contributed by atoms with Crippen molar-refractivity contribution in [1.82, 2.24) is 25.4 Å². The zero-order chi connectivity index (χ0) is 22.8. The molecule has 0 spiro atoms. The van der Waals surface area contributed by atoms with Crippen molar-refractivity contribution >= 4 is 63.4 Å². The topological polar surface area (TPSA) is 145 Å². The number of nitrogens with zero attached hydrogens (tertiary/aromatic N) is 3. The van der Waals surface area contributed by atoms with Crippen molar-refractivity contribution in [2.24, 2.45) is 0 Å². The van der Waals surface area contributed by atoms with E-state index in [9.17, 15) is 23.7 Å². The average molecular weight is 514 g/mol. The van der Waals surface area contributed by atoms with Gasteiger partial charge in [-0.05, 0) is 23.4 Å². The Kier molecular flexibility index (Phi) is 7.02. The molecule has 4 atom stereocenters. The Morgan fingerprint density at radius 3 is 2.94 bits per heavy atom. The van der Waals surface area contributed by atoms with Crippen LogP contribution in [-0.2, 0) is 25.2 Å². The summed E-state index contributed by atoms with van der Waals surface area (Å²) in [6.45, 7) is 1.94. The Labute approximate surface area is 198 Å². The first kappa shape index (κ1) is 23.0. The Morgan fingerprint density at radius 1 is 1.50 bits per heavy atom. The average Bonchev–Trinajstić information content (AvgIpc) is 3.49. The standard InChI is InChI=1S/C18H19N5O5S4/c1-2-10(31-18-19-8-20-22-18)9-6-30-16-13(15(25)23(16)14(9)17(26)27)21-11(24)7-32(28)12-4-3-5-29-12/h3-5,8,10,13,16H,2,6-7H2,1H3,(H,21,24)(H,26,27)(H,19,20,22)/t10?,13?,16-,32?/m0/s1. The third kappa shape index (κ3) is 4.49. The first-order valence-corrected chi connectivity index (χ1v) is 13.7. The van der Waals surface area contributed by atoms with E-state index in [2.05, 4.69) is 20.5 Å². The minimum absolute atomic E-state index is 0.0368. The molecule has 170 valence electrons. The van der Waals surface area contributed by atoms with Gasteiger partial charge in [0.15, 0.2) is 5.16 Å². The Morgan fingerprint density at radius 2 is 2.31 bits per heavy atom. The van der Waals surface area contributed by atoms with E-state index in [1.165, 1.54) is 46.1 Å². The number of rotatable bonds is 9. The molecule has 0 bridgehead atoms. The summed E-state index contributed by atoms with van der Waals surface area (Å²) >= 11 is 4.07. The van der Waals surface area contributed by atoms with Crippen LogP contribution in [0, 0.1) is 0 Å². The van der Waals surface area contributed by atoms with Crippen molar-refractivity contribution in [3.8, 4) is 0 Å². The molecule has 0 saturated carbocycles. The lowest BCUT2D eigenvalue weighted by atomic mass is 10.0. The van der Waals surface area contributed by atoms with Gasteiger partial charge in [-0.25, -0.2) is 9.78 Å². The lowest BCUT2D eigenvalue weighted by Gasteiger charge is -2.50. The van der Waals surface area contributed by atoms with Crippen LogP contribution in [0.15, 0.2) is 44.5 Å². The van der Waals surface area contributed by atoms with E-state index in [-0.39, 0.29) is 16.7 Å². The number of carbonyl (C=O) groups is 3. The number of β-lactam (4-membered cyclic amide) rings is 1. The maximum atomic E-state index is 12.8. The number of aromatic nitrogens is 3. The summed E-state index contributed by atoms with van der Waals surface area (Å²) in [6, 6.07) is 2.60. The van der Waals surface area contributed by atoms with Gasteiger partial charge in [-0.2, -0.15) is 5.10 Å². The first-order valence-electron chi connectivity index (χ1n) is 9.55. The summed E-state index contributed by atoms with van der Waals surface area (Å²) in [4.78, 5) is 42.6. The monoisotopic (exact) mass is 513 g/mol. The number of hydrogen-bond donors (Lipinski definition) is 3. The van der Waals surface area contributed by atoms with E-state index in [1.54, 1.807) is 17.5 Å². The van der Waals surface area contributed by atoms with Gasteiger partial charge in [0.25, 0.3) is 5.91 Å². The molecule has 4 rings (SSSR count). The third-order valence-electron chi connectivity index (χ3n) is 4.90. The van der Waals surface area contributed by atoms with E-state index in [4.69, 9.17) is 0 Å². The summed E-state index contributed by atoms with van der Waals surface area (Å²) in [5.41, 5.74) is 0.602. The van der Waals surface area contributed by atoms with Crippen LogP contribution < -0.4 is 5.32 Å². The SMILES string of the molecule is CCC(Sc1ncn[nH]1)C1=C(C(=O)O)N2C(=O)C(NC(=O)CS(=O)c3cccs3)[C@@H]2SC1. The first-order chi connectivity index (χ1) is 15.4. The molecule has 0 aliphatic carbocycles. The maximum Gasteiger partial charge on any atom is 0.352 e.